The summed E-state index contributed by atoms with van der Waals surface area (Å²) < 4.78 is 1.92. The van der Waals surface area contributed by atoms with E-state index in [1.165, 1.54) is 0 Å². The molecular weight excluding hydrogens is 216 g/mol. The summed E-state index contributed by atoms with van der Waals surface area (Å²) >= 11 is 0. The Hall–Kier alpha value is -1.36. The number of nitrogens with one attached hydrogen (secondary N) is 1. The minimum atomic E-state index is -0.241. The van der Waals surface area contributed by atoms with Crippen molar-refractivity contribution in [3.05, 3.63) is 18.2 Å². The fraction of sp³-hybridized carbons (Fsp3) is 0.667. The summed E-state index contributed by atoms with van der Waals surface area (Å²) in [7, 11) is 5.42. The van der Waals surface area contributed by atoms with Crippen molar-refractivity contribution in [2.24, 2.45) is 0 Å². The van der Waals surface area contributed by atoms with Gasteiger partial charge in [0.05, 0.1) is 23.8 Å². The lowest BCUT2D eigenvalue weighted by Crippen LogP contribution is -2.38. The molecule has 0 aliphatic carbocycles. The van der Waals surface area contributed by atoms with Gasteiger partial charge in [0.15, 0.2) is 0 Å². The van der Waals surface area contributed by atoms with Gasteiger partial charge in [-0.1, -0.05) is 0 Å². The van der Waals surface area contributed by atoms with E-state index in [1.54, 1.807) is 31.5 Å². The number of hydrogen-bond acceptors (Lipinski definition) is 3. The molecule has 1 heterocycles. The average molecular weight is 238 g/mol. The predicted octanol–water partition coefficient (Wildman–Crippen LogP) is 0.987. The Labute approximate surface area is 103 Å². The minimum Gasteiger partial charge on any atom is -0.347 e. The first-order valence-electron chi connectivity index (χ1n) is 5.73. The summed E-state index contributed by atoms with van der Waals surface area (Å²) in [6, 6.07) is -0.241. The van der Waals surface area contributed by atoms with E-state index in [2.05, 4.69) is 24.1 Å². The van der Waals surface area contributed by atoms with Crippen LogP contribution in [0.25, 0.3) is 0 Å². The van der Waals surface area contributed by atoms with Crippen LogP contribution in [0.3, 0.4) is 0 Å². The molecule has 0 radical (unpaired) electrons. The monoisotopic (exact) mass is 238 g/mol. The molecule has 0 saturated carbocycles. The van der Waals surface area contributed by atoms with E-state index in [0.29, 0.717) is 0 Å². The first-order valence-corrected chi connectivity index (χ1v) is 5.73. The molecule has 5 nitrogen and oxygen atoms in total. The highest BCUT2D eigenvalue weighted by Crippen LogP contribution is 2.22. The fourth-order valence-corrected chi connectivity index (χ4v) is 1.72. The predicted molar refractivity (Wildman–Crippen MR) is 67.7 cm³/mol. The molecule has 0 aromatic carbocycles. The largest absolute Gasteiger partial charge is 0.347 e. The van der Waals surface area contributed by atoms with Crippen molar-refractivity contribution in [1.82, 2.24) is 19.8 Å². The van der Waals surface area contributed by atoms with Crippen LogP contribution in [-0.2, 0) is 10.3 Å². The van der Waals surface area contributed by atoms with Gasteiger partial charge in [-0.2, -0.15) is 0 Å². The fourth-order valence-electron chi connectivity index (χ4n) is 1.72. The zero-order valence-corrected chi connectivity index (χ0v) is 11.5. The van der Waals surface area contributed by atoms with Crippen LogP contribution in [0.1, 0.15) is 32.5 Å². The van der Waals surface area contributed by atoms with Gasteiger partial charge in [0.1, 0.15) is 6.04 Å². The smallest absolute Gasteiger partial charge is 0.244 e. The van der Waals surface area contributed by atoms with Crippen molar-refractivity contribution >= 4 is 5.91 Å². The Kier molecular flexibility index (Phi) is 3.93. The third kappa shape index (κ3) is 2.66. The summed E-state index contributed by atoms with van der Waals surface area (Å²) in [4.78, 5) is 17.7. The maximum absolute atomic E-state index is 12.0. The number of carbonyl (C=O) groups is 1. The van der Waals surface area contributed by atoms with Gasteiger partial charge in [-0.05, 0) is 27.8 Å². The Morgan fingerprint density at radius 2 is 2.12 bits per heavy atom. The lowest BCUT2D eigenvalue weighted by atomic mass is 10.0. The zero-order chi connectivity index (χ0) is 13.2. The molecule has 1 rings (SSSR count). The molecule has 1 unspecified atom stereocenters. The molecule has 0 aliphatic heterocycles. The molecule has 0 fully saturated rings. The highest BCUT2D eigenvalue weighted by Gasteiger charge is 2.26. The molecule has 0 bridgehead atoms. The van der Waals surface area contributed by atoms with Gasteiger partial charge in [-0.25, -0.2) is 4.98 Å². The standard InChI is InChI=1S/C12H22N4O/c1-9(11(17)15(5)6)16-8-14-7-10(16)12(2,3)13-4/h7-9,13H,1-6H3. The molecule has 1 atom stereocenters. The summed E-state index contributed by atoms with van der Waals surface area (Å²) in [5.41, 5.74) is 0.792. The third-order valence-corrected chi connectivity index (χ3v) is 3.15. The van der Waals surface area contributed by atoms with Crippen molar-refractivity contribution in [3.63, 3.8) is 0 Å². The first-order chi connectivity index (χ1) is 7.81. The van der Waals surface area contributed by atoms with E-state index in [4.69, 9.17) is 0 Å². The highest BCUT2D eigenvalue weighted by atomic mass is 16.2. The molecule has 0 spiro atoms. The Morgan fingerprint density at radius 3 is 2.59 bits per heavy atom. The van der Waals surface area contributed by atoms with Gasteiger partial charge in [-0.3, -0.25) is 4.79 Å². The van der Waals surface area contributed by atoms with Crippen molar-refractivity contribution in [1.29, 1.82) is 0 Å². The molecule has 1 aromatic rings. The summed E-state index contributed by atoms with van der Waals surface area (Å²) in [6.07, 6.45) is 3.51. The van der Waals surface area contributed by atoms with Crippen molar-refractivity contribution in [2.45, 2.75) is 32.4 Å². The number of aromatic nitrogens is 2. The second-order valence-electron chi connectivity index (χ2n) is 4.97. The van der Waals surface area contributed by atoms with Crippen LogP contribution in [0.5, 0.6) is 0 Å². The molecular formula is C12H22N4O. The lowest BCUT2D eigenvalue weighted by Gasteiger charge is -2.28. The van der Waals surface area contributed by atoms with Gasteiger partial charge in [-0.15, -0.1) is 0 Å². The van der Waals surface area contributed by atoms with Crippen LogP contribution in [0.15, 0.2) is 12.5 Å². The van der Waals surface area contributed by atoms with Crippen LogP contribution in [0.2, 0.25) is 0 Å². The molecule has 5 heteroatoms. The molecule has 96 valence electrons. The highest BCUT2D eigenvalue weighted by molar-refractivity contribution is 5.79. The number of likely N-dealkylation sites (N-methyl/N-ethyl adjacent to an activating group) is 1. The number of amides is 1. The quantitative estimate of drug-likeness (QED) is 0.851. The number of imidazole rings is 1. The Balaban J connectivity index is 3.08. The molecule has 1 N–H and O–H groups in total. The minimum absolute atomic E-state index is 0.0659. The van der Waals surface area contributed by atoms with Gasteiger partial charge in [0, 0.05) is 14.1 Å². The summed E-state index contributed by atoms with van der Waals surface area (Å²) in [5, 5.41) is 3.22. The second kappa shape index (κ2) is 4.87. The maximum atomic E-state index is 12.0. The van der Waals surface area contributed by atoms with E-state index < -0.39 is 0 Å². The number of nitrogens with zero attached hydrogens (tertiary/aromatic N) is 3. The molecule has 1 aromatic heterocycles. The Morgan fingerprint density at radius 1 is 1.53 bits per heavy atom. The van der Waals surface area contributed by atoms with E-state index in [-0.39, 0.29) is 17.5 Å². The van der Waals surface area contributed by atoms with Gasteiger partial charge >= 0.3 is 0 Å². The molecule has 1 amide bonds. The number of rotatable bonds is 4. The normalized spacial score (nSPS) is 13.5. The first kappa shape index (κ1) is 13.7. The average Bonchev–Trinajstić information content (AvgIpc) is 2.76. The van der Waals surface area contributed by atoms with Crippen LogP contribution in [0.4, 0.5) is 0 Å². The molecule has 17 heavy (non-hydrogen) atoms. The lowest BCUT2D eigenvalue weighted by molar-refractivity contribution is -0.131. The van der Waals surface area contributed by atoms with Crippen molar-refractivity contribution in [2.75, 3.05) is 21.1 Å². The van der Waals surface area contributed by atoms with Gasteiger partial charge in [0.2, 0.25) is 5.91 Å². The van der Waals surface area contributed by atoms with Crippen LogP contribution >= 0.6 is 0 Å². The van der Waals surface area contributed by atoms with E-state index >= 15 is 0 Å². The molecule has 0 saturated heterocycles. The van der Waals surface area contributed by atoms with Crippen molar-refractivity contribution in [3.8, 4) is 0 Å². The Bertz CT molecular complexity index is 395. The van der Waals surface area contributed by atoms with E-state index in [9.17, 15) is 4.79 Å². The maximum Gasteiger partial charge on any atom is 0.244 e. The van der Waals surface area contributed by atoms with E-state index in [1.807, 2.05) is 18.5 Å². The SMILES string of the molecule is CNC(C)(C)c1cncn1C(C)C(=O)N(C)C. The van der Waals surface area contributed by atoms with Crippen LogP contribution < -0.4 is 5.32 Å². The summed E-state index contributed by atoms with van der Waals surface area (Å²) in [5.74, 6) is 0.0659. The van der Waals surface area contributed by atoms with Crippen molar-refractivity contribution < 1.29 is 4.79 Å². The van der Waals surface area contributed by atoms with Gasteiger partial charge < -0.3 is 14.8 Å². The summed E-state index contributed by atoms with van der Waals surface area (Å²) in [6.45, 7) is 6.01. The zero-order valence-electron chi connectivity index (χ0n) is 11.5. The topological polar surface area (TPSA) is 50.2 Å². The van der Waals surface area contributed by atoms with Crippen LogP contribution in [0, 0.1) is 0 Å². The second-order valence-corrected chi connectivity index (χ2v) is 4.97. The van der Waals surface area contributed by atoms with Crippen LogP contribution in [-0.4, -0.2) is 41.5 Å². The van der Waals surface area contributed by atoms with E-state index in [0.717, 1.165) is 5.69 Å². The number of hydrogen-bond donors (Lipinski definition) is 1. The third-order valence-electron chi connectivity index (χ3n) is 3.15. The van der Waals surface area contributed by atoms with Gasteiger partial charge in [0.25, 0.3) is 0 Å². The number of carbonyl (C=O) groups excluding carboxylic acids is 1. The molecule has 0 aliphatic rings.